The molecule has 8 heteroatoms. The number of nitrogens with zero attached hydrogens (tertiary/aromatic N) is 3. The molecule has 0 amide bonds. The molecule has 2 aliphatic rings. The first-order valence-electron chi connectivity index (χ1n) is 10.7. The zero-order chi connectivity index (χ0) is 20.9. The number of ether oxygens (including phenoxy) is 1. The zero-order valence-corrected chi connectivity index (χ0v) is 21.0. The number of rotatable bonds is 5. The van der Waals surface area contributed by atoms with Gasteiger partial charge in [-0.05, 0) is 70.5 Å². The summed E-state index contributed by atoms with van der Waals surface area (Å²) < 4.78 is 19.0. The second-order valence-corrected chi connectivity index (χ2v) is 8.52. The van der Waals surface area contributed by atoms with Crippen LogP contribution in [-0.4, -0.2) is 76.4 Å². The Morgan fingerprint density at radius 3 is 2.70 bits per heavy atom. The van der Waals surface area contributed by atoms with E-state index in [1.807, 2.05) is 20.0 Å². The SMILES string of the molecule is CN=C(NCC1(N(C)C)CCOCC1)NC1CCCN(c2ccc(F)cc2C)C1.I. The number of benzene rings is 1. The predicted molar refractivity (Wildman–Crippen MR) is 133 cm³/mol. The molecule has 1 aromatic carbocycles. The number of anilines is 1. The fourth-order valence-corrected chi connectivity index (χ4v) is 4.46. The van der Waals surface area contributed by atoms with E-state index in [0.29, 0.717) is 6.04 Å². The van der Waals surface area contributed by atoms with Crippen molar-refractivity contribution in [3.05, 3.63) is 29.6 Å². The number of piperidine rings is 1. The van der Waals surface area contributed by atoms with E-state index < -0.39 is 0 Å². The number of likely N-dealkylation sites (N-methyl/N-ethyl adjacent to an activating group) is 1. The summed E-state index contributed by atoms with van der Waals surface area (Å²) in [7, 11) is 6.12. The number of guanidine groups is 1. The van der Waals surface area contributed by atoms with Crippen molar-refractivity contribution in [2.75, 3.05) is 58.9 Å². The van der Waals surface area contributed by atoms with Crippen molar-refractivity contribution in [1.29, 1.82) is 0 Å². The standard InChI is InChI=1S/C22H36FN5O.HI/c1-17-14-18(23)7-8-20(17)28-11-5-6-19(15-28)26-21(24-2)25-16-22(27(3)4)9-12-29-13-10-22;/h7-8,14,19H,5-6,9-13,15-16H2,1-4H3,(H2,24,25,26);1H. The van der Waals surface area contributed by atoms with Crippen LogP contribution in [0, 0.1) is 12.7 Å². The van der Waals surface area contributed by atoms with E-state index in [9.17, 15) is 4.39 Å². The fraction of sp³-hybridized carbons (Fsp3) is 0.682. The van der Waals surface area contributed by atoms with Crippen LogP contribution in [0.4, 0.5) is 10.1 Å². The molecular formula is C22H37FIN5O. The van der Waals surface area contributed by atoms with Crippen LogP contribution >= 0.6 is 24.0 Å². The first-order chi connectivity index (χ1) is 13.9. The minimum atomic E-state index is -0.175. The van der Waals surface area contributed by atoms with Gasteiger partial charge in [0.05, 0.1) is 0 Å². The van der Waals surface area contributed by atoms with Crippen LogP contribution in [0.1, 0.15) is 31.2 Å². The highest BCUT2D eigenvalue weighted by Crippen LogP contribution is 2.26. The molecule has 3 rings (SSSR count). The van der Waals surface area contributed by atoms with Gasteiger partial charge in [0.15, 0.2) is 5.96 Å². The van der Waals surface area contributed by atoms with Gasteiger partial charge in [0.25, 0.3) is 0 Å². The second kappa shape index (κ2) is 11.5. The molecule has 2 aliphatic heterocycles. The highest BCUT2D eigenvalue weighted by molar-refractivity contribution is 14.0. The molecule has 6 nitrogen and oxygen atoms in total. The number of nitrogens with one attached hydrogen (secondary N) is 2. The monoisotopic (exact) mass is 533 g/mol. The lowest BCUT2D eigenvalue weighted by molar-refractivity contribution is -0.00503. The third-order valence-corrected chi connectivity index (χ3v) is 6.44. The second-order valence-electron chi connectivity index (χ2n) is 8.52. The van der Waals surface area contributed by atoms with Crippen molar-refractivity contribution in [1.82, 2.24) is 15.5 Å². The van der Waals surface area contributed by atoms with Gasteiger partial charge in [-0.15, -0.1) is 24.0 Å². The minimum Gasteiger partial charge on any atom is -0.381 e. The molecule has 1 aromatic rings. The van der Waals surface area contributed by atoms with Crippen molar-refractivity contribution in [3.8, 4) is 0 Å². The van der Waals surface area contributed by atoms with E-state index in [1.165, 1.54) is 0 Å². The van der Waals surface area contributed by atoms with Crippen LogP contribution in [0.3, 0.4) is 0 Å². The van der Waals surface area contributed by atoms with E-state index in [2.05, 4.69) is 39.5 Å². The van der Waals surface area contributed by atoms with Gasteiger partial charge in [-0.25, -0.2) is 4.39 Å². The Morgan fingerprint density at radius 1 is 1.33 bits per heavy atom. The van der Waals surface area contributed by atoms with Crippen LogP contribution in [0.5, 0.6) is 0 Å². The van der Waals surface area contributed by atoms with Crippen molar-refractivity contribution in [2.45, 2.75) is 44.2 Å². The summed E-state index contributed by atoms with van der Waals surface area (Å²) in [5.74, 6) is 0.672. The Labute approximate surface area is 197 Å². The van der Waals surface area contributed by atoms with Gasteiger partial charge in [0.1, 0.15) is 5.82 Å². The van der Waals surface area contributed by atoms with Crippen molar-refractivity contribution < 1.29 is 9.13 Å². The summed E-state index contributed by atoms with van der Waals surface area (Å²) in [5, 5.41) is 7.16. The molecule has 2 heterocycles. The maximum Gasteiger partial charge on any atom is 0.191 e. The van der Waals surface area contributed by atoms with Gasteiger partial charge in [0.2, 0.25) is 0 Å². The summed E-state index contributed by atoms with van der Waals surface area (Å²) >= 11 is 0. The summed E-state index contributed by atoms with van der Waals surface area (Å²) in [6.07, 6.45) is 4.24. The zero-order valence-electron chi connectivity index (χ0n) is 18.7. The lowest BCUT2D eigenvalue weighted by Crippen LogP contribution is -2.58. The summed E-state index contributed by atoms with van der Waals surface area (Å²) in [4.78, 5) is 9.13. The van der Waals surface area contributed by atoms with Gasteiger partial charge in [-0.1, -0.05) is 0 Å². The first kappa shape index (κ1) is 25.1. The van der Waals surface area contributed by atoms with Crippen LogP contribution in [0.15, 0.2) is 23.2 Å². The van der Waals surface area contributed by atoms with Crippen LogP contribution in [-0.2, 0) is 4.74 Å². The number of hydrogen-bond donors (Lipinski definition) is 2. The van der Waals surface area contributed by atoms with E-state index >= 15 is 0 Å². The van der Waals surface area contributed by atoms with Crippen LogP contribution in [0.25, 0.3) is 0 Å². The average molecular weight is 533 g/mol. The molecule has 30 heavy (non-hydrogen) atoms. The Balaban J connectivity index is 0.00000320. The number of halogens is 2. The van der Waals surface area contributed by atoms with Crippen molar-refractivity contribution in [2.24, 2.45) is 4.99 Å². The quantitative estimate of drug-likeness (QED) is 0.347. The molecule has 0 saturated carbocycles. The normalized spacial score (nSPS) is 21.9. The number of aryl methyl sites for hydroxylation is 1. The van der Waals surface area contributed by atoms with E-state index in [-0.39, 0.29) is 35.3 Å². The van der Waals surface area contributed by atoms with Gasteiger partial charge >= 0.3 is 0 Å². The van der Waals surface area contributed by atoms with Gasteiger partial charge in [-0.3, -0.25) is 4.99 Å². The molecule has 0 aliphatic carbocycles. The largest absolute Gasteiger partial charge is 0.381 e. The van der Waals surface area contributed by atoms with Gasteiger partial charge in [-0.2, -0.15) is 0 Å². The third kappa shape index (κ3) is 6.20. The highest BCUT2D eigenvalue weighted by atomic mass is 127. The lowest BCUT2D eigenvalue weighted by atomic mass is 9.88. The Bertz CT molecular complexity index is 709. The van der Waals surface area contributed by atoms with Crippen molar-refractivity contribution >= 4 is 35.6 Å². The number of hydrogen-bond acceptors (Lipinski definition) is 4. The van der Waals surface area contributed by atoms with Gasteiger partial charge in [0, 0.05) is 57.2 Å². The summed E-state index contributed by atoms with van der Waals surface area (Å²) in [5.41, 5.74) is 2.20. The maximum absolute atomic E-state index is 13.5. The molecule has 2 saturated heterocycles. The molecule has 2 fully saturated rings. The predicted octanol–water partition coefficient (Wildman–Crippen LogP) is 3.00. The van der Waals surface area contributed by atoms with Gasteiger partial charge < -0.3 is 25.2 Å². The molecule has 0 bridgehead atoms. The number of aliphatic imine (C=N–C) groups is 1. The highest BCUT2D eigenvalue weighted by Gasteiger charge is 2.35. The summed E-state index contributed by atoms with van der Waals surface area (Å²) in [6.45, 7) is 6.32. The molecule has 1 atom stereocenters. The van der Waals surface area contributed by atoms with E-state index in [0.717, 1.165) is 75.7 Å². The molecule has 170 valence electrons. The maximum atomic E-state index is 13.5. The molecule has 0 spiro atoms. The molecular weight excluding hydrogens is 496 g/mol. The topological polar surface area (TPSA) is 52.1 Å². The molecule has 0 radical (unpaired) electrons. The van der Waals surface area contributed by atoms with E-state index in [1.54, 1.807) is 12.1 Å². The fourth-order valence-electron chi connectivity index (χ4n) is 4.46. The van der Waals surface area contributed by atoms with Crippen LogP contribution < -0.4 is 15.5 Å². The Morgan fingerprint density at radius 2 is 2.07 bits per heavy atom. The Hall–Kier alpha value is -1.13. The molecule has 1 unspecified atom stereocenters. The smallest absolute Gasteiger partial charge is 0.191 e. The third-order valence-electron chi connectivity index (χ3n) is 6.44. The molecule has 2 N–H and O–H groups in total. The van der Waals surface area contributed by atoms with E-state index in [4.69, 9.17) is 4.74 Å². The average Bonchev–Trinajstić information content (AvgIpc) is 2.72. The van der Waals surface area contributed by atoms with Crippen LogP contribution in [0.2, 0.25) is 0 Å². The first-order valence-corrected chi connectivity index (χ1v) is 10.7. The Kier molecular flexibility index (Phi) is 9.62. The van der Waals surface area contributed by atoms with Crippen molar-refractivity contribution in [3.63, 3.8) is 0 Å². The lowest BCUT2D eigenvalue weighted by Gasteiger charge is -2.43. The molecule has 0 aromatic heterocycles. The summed E-state index contributed by atoms with van der Waals surface area (Å²) in [6, 6.07) is 5.37. The minimum absolute atomic E-state index is 0.